The Morgan fingerprint density at radius 2 is 2.06 bits per heavy atom. The van der Waals surface area contributed by atoms with Crippen molar-refractivity contribution >= 4 is 34.0 Å². The number of hydrogen-bond acceptors (Lipinski definition) is 2. The lowest BCUT2D eigenvalue weighted by atomic mass is 9.89. The van der Waals surface area contributed by atoms with E-state index in [1.807, 2.05) is 12.1 Å². The van der Waals surface area contributed by atoms with E-state index in [0.29, 0.717) is 5.41 Å². The number of nitrogens with two attached hydrogens (primary N) is 1. The molecule has 2 nitrogen and oxygen atoms in total. The summed E-state index contributed by atoms with van der Waals surface area (Å²) in [5.41, 5.74) is 8.28. The van der Waals surface area contributed by atoms with Gasteiger partial charge in [-0.1, -0.05) is 19.8 Å². The summed E-state index contributed by atoms with van der Waals surface area (Å²) in [5, 5.41) is 3.56. The molecule has 1 aromatic rings. The van der Waals surface area contributed by atoms with Gasteiger partial charge in [0.2, 0.25) is 0 Å². The summed E-state index contributed by atoms with van der Waals surface area (Å²) in [5.74, 6) is 0. The average molecular weight is 330 g/mol. The summed E-state index contributed by atoms with van der Waals surface area (Å²) in [6.45, 7) is 3.46. The summed E-state index contributed by atoms with van der Waals surface area (Å²) in [6.07, 6.45) is 5.48. The number of rotatable bonds is 3. The Bertz CT molecular complexity index is 370. The Morgan fingerprint density at radius 1 is 1.38 bits per heavy atom. The molecule has 0 bridgehead atoms. The quantitative estimate of drug-likeness (QED) is 0.652. The van der Waals surface area contributed by atoms with Gasteiger partial charge in [0.05, 0.1) is 0 Å². The van der Waals surface area contributed by atoms with Crippen LogP contribution in [0.5, 0.6) is 0 Å². The smallest absolute Gasteiger partial charge is 0.0477 e. The fraction of sp³-hybridized carbons (Fsp3) is 0.538. The lowest BCUT2D eigenvalue weighted by Gasteiger charge is -2.24. The second-order valence-electron chi connectivity index (χ2n) is 5.11. The van der Waals surface area contributed by atoms with Crippen LogP contribution in [0.3, 0.4) is 0 Å². The molecule has 0 saturated heterocycles. The van der Waals surface area contributed by atoms with E-state index in [2.05, 4.69) is 40.9 Å². The van der Waals surface area contributed by atoms with Crippen LogP contribution in [0.1, 0.15) is 32.6 Å². The molecule has 0 aromatic heterocycles. The minimum Gasteiger partial charge on any atom is -0.399 e. The summed E-state index contributed by atoms with van der Waals surface area (Å²) in [4.78, 5) is 0. The zero-order valence-electron chi connectivity index (χ0n) is 9.72. The van der Waals surface area contributed by atoms with Crippen LogP contribution >= 0.6 is 22.6 Å². The summed E-state index contributed by atoms with van der Waals surface area (Å²) >= 11 is 2.33. The molecule has 0 heterocycles. The van der Waals surface area contributed by atoms with Crippen LogP contribution in [-0.4, -0.2) is 6.54 Å². The molecule has 0 aliphatic heterocycles. The van der Waals surface area contributed by atoms with Crippen molar-refractivity contribution in [2.45, 2.75) is 32.6 Å². The average Bonchev–Trinajstić information content (AvgIpc) is 2.64. The topological polar surface area (TPSA) is 38.0 Å². The van der Waals surface area contributed by atoms with Crippen molar-refractivity contribution in [1.82, 2.24) is 0 Å². The van der Waals surface area contributed by atoms with E-state index in [-0.39, 0.29) is 0 Å². The highest BCUT2D eigenvalue weighted by Gasteiger charge is 2.28. The van der Waals surface area contributed by atoms with Crippen LogP contribution < -0.4 is 11.1 Å². The molecule has 0 atom stereocenters. The molecule has 0 unspecified atom stereocenters. The normalized spacial score (nSPS) is 18.6. The van der Waals surface area contributed by atoms with E-state index in [1.54, 1.807) is 0 Å². The van der Waals surface area contributed by atoms with Gasteiger partial charge in [-0.3, -0.25) is 0 Å². The van der Waals surface area contributed by atoms with Crippen LogP contribution in [0.15, 0.2) is 18.2 Å². The lowest BCUT2D eigenvalue weighted by Crippen LogP contribution is -2.23. The Kier molecular flexibility index (Phi) is 3.62. The third-order valence-corrected chi connectivity index (χ3v) is 4.40. The first-order chi connectivity index (χ1) is 7.59. The minimum atomic E-state index is 0.491. The zero-order chi connectivity index (χ0) is 11.6. The molecule has 1 aromatic carbocycles. The zero-order valence-corrected chi connectivity index (χ0v) is 11.9. The molecule has 1 fully saturated rings. The molecule has 16 heavy (non-hydrogen) atoms. The highest BCUT2D eigenvalue weighted by atomic mass is 127. The van der Waals surface area contributed by atoms with E-state index in [9.17, 15) is 0 Å². The van der Waals surface area contributed by atoms with E-state index in [0.717, 1.165) is 12.2 Å². The van der Waals surface area contributed by atoms with Gasteiger partial charge in [0.25, 0.3) is 0 Å². The maximum Gasteiger partial charge on any atom is 0.0477 e. The van der Waals surface area contributed by atoms with Crippen LogP contribution in [0.2, 0.25) is 0 Å². The van der Waals surface area contributed by atoms with Gasteiger partial charge in [0.15, 0.2) is 0 Å². The third kappa shape index (κ3) is 2.81. The van der Waals surface area contributed by atoms with Crippen molar-refractivity contribution in [2.75, 3.05) is 17.6 Å². The highest BCUT2D eigenvalue weighted by Crippen LogP contribution is 2.37. The molecular formula is C13H19IN2. The second kappa shape index (κ2) is 4.82. The summed E-state index contributed by atoms with van der Waals surface area (Å²) in [6, 6.07) is 6.05. The first-order valence-corrected chi connectivity index (χ1v) is 6.96. The molecule has 2 rings (SSSR count). The van der Waals surface area contributed by atoms with Gasteiger partial charge < -0.3 is 11.1 Å². The maximum atomic E-state index is 5.74. The number of nitrogens with one attached hydrogen (secondary N) is 1. The highest BCUT2D eigenvalue weighted by molar-refractivity contribution is 14.1. The number of nitrogen functional groups attached to an aromatic ring is 1. The molecule has 1 aliphatic rings. The Labute approximate surface area is 111 Å². The van der Waals surface area contributed by atoms with Crippen LogP contribution in [0, 0.1) is 8.99 Å². The molecule has 1 aliphatic carbocycles. The summed E-state index contributed by atoms with van der Waals surface area (Å²) in [7, 11) is 0. The Balaban J connectivity index is 1.99. The second-order valence-corrected chi connectivity index (χ2v) is 6.27. The van der Waals surface area contributed by atoms with Gasteiger partial charge in [-0.2, -0.15) is 0 Å². The molecule has 0 amide bonds. The molecular weight excluding hydrogens is 311 g/mol. The van der Waals surface area contributed by atoms with E-state index in [4.69, 9.17) is 5.73 Å². The number of hydrogen-bond donors (Lipinski definition) is 2. The molecule has 3 heteroatoms. The van der Waals surface area contributed by atoms with E-state index >= 15 is 0 Å². The first-order valence-electron chi connectivity index (χ1n) is 5.88. The van der Waals surface area contributed by atoms with Crippen LogP contribution in [0.4, 0.5) is 11.4 Å². The predicted molar refractivity (Wildman–Crippen MR) is 78.6 cm³/mol. The maximum absolute atomic E-state index is 5.74. The van der Waals surface area contributed by atoms with Crippen molar-refractivity contribution in [2.24, 2.45) is 5.41 Å². The molecule has 0 radical (unpaired) electrons. The van der Waals surface area contributed by atoms with Crippen molar-refractivity contribution in [3.8, 4) is 0 Å². The summed E-state index contributed by atoms with van der Waals surface area (Å²) < 4.78 is 1.21. The van der Waals surface area contributed by atoms with Crippen LogP contribution in [-0.2, 0) is 0 Å². The van der Waals surface area contributed by atoms with Gasteiger partial charge in [-0.25, -0.2) is 0 Å². The van der Waals surface area contributed by atoms with Crippen molar-refractivity contribution in [1.29, 1.82) is 0 Å². The predicted octanol–water partition coefficient (Wildman–Crippen LogP) is 3.87. The third-order valence-electron chi connectivity index (χ3n) is 3.51. The van der Waals surface area contributed by atoms with E-state index < -0.39 is 0 Å². The van der Waals surface area contributed by atoms with Gasteiger partial charge >= 0.3 is 0 Å². The van der Waals surface area contributed by atoms with Crippen molar-refractivity contribution in [3.05, 3.63) is 21.8 Å². The molecule has 88 valence electrons. The monoisotopic (exact) mass is 330 g/mol. The first kappa shape index (κ1) is 12.0. The number of anilines is 2. The van der Waals surface area contributed by atoms with Crippen molar-refractivity contribution < 1.29 is 0 Å². The Morgan fingerprint density at radius 3 is 2.69 bits per heavy atom. The fourth-order valence-electron chi connectivity index (χ4n) is 2.39. The van der Waals surface area contributed by atoms with Crippen LogP contribution in [0.25, 0.3) is 0 Å². The number of halogens is 1. The van der Waals surface area contributed by atoms with Gasteiger partial charge in [0, 0.05) is 21.5 Å². The standard InChI is InChI=1S/C13H19IN2/c1-13(6-2-3-7-13)9-16-12-5-4-10(15)8-11(12)14/h4-5,8,16H,2-3,6-7,9,15H2,1H3. The van der Waals surface area contributed by atoms with E-state index in [1.165, 1.54) is 34.9 Å². The number of benzene rings is 1. The van der Waals surface area contributed by atoms with Gasteiger partial charge in [0.1, 0.15) is 0 Å². The molecule has 1 saturated carbocycles. The van der Waals surface area contributed by atoms with Gasteiger partial charge in [-0.15, -0.1) is 0 Å². The Hall–Kier alpha value is -0.450. The van der Waals surface area contributed by atoms with Gasteiger partial charge in [-0.05, 0) is 59.0 Å². The molecule has 0 spiro atoms. The largest absolute Gasteiger partial charge is 0.399 e. The molecule has 3 N–H and O–H groups in total. The fourth-order valence-corrected chi connectivity index (χ4v) is 3.12. The SMILES string of the molecule is CC1(CNc2ccc(N)cc2I)CCCC1. The minimum absolute atomic E-state index is 0.491. The van der Waals surface area contributed by atoms with Crippen molar-refractivity contribution in [3.63, 3.8) is 0 Å². The lowest BCUT2D eigenvalue weighted by molar-refractivity contribution is 0.362.